The van der Waals surface area contributed by atoms with Crippen LogP contribution in [0.4, 0.5) is 5.69 Å². The first-order chi connectivity index (χ1) is 12.9. The first-order valence-electron chi connectivity index (χ1n) is 8.69. The number of hydrogen-bond acceptors (Lipinski definition) is 4. The summed E-state index contributed by atoms with van der Waals surface area (Å²) in [4.78, 5) is 33.6. The summed E-state index contributed by atoms with van der Waals surface area (Å²) in [6.07, 6.45) is 0.165. The van der Waals surface area contributed by atoms with Gasteiger partial charge in [0.05, 0.1) is 17.6 Å². The van der Waals surface area contributed by atoms with Crippen molar-refractivity contribution < 1.29 is 14.7 Å². The molecule has 0 atom stereocenters. The van der Waals surface area contributed by atoms with Crippen molar-refractivity contribution in [1.82, 2.24) is 14.9 Å². The maximum Gasteiger partial charge on any atom is 0.224 e. The third-order valence-electron chi connectivity index (χ3n) is 4.27. The van der Waals surface area contributed by atoms with Crippen molar-refractivity contribution in [3.63, 3.8) is 0 Å². The Bertz CT molecular complexity index is 980. The molecule has 140 valence electrons. The molecule has 3 N–H and O–H groups in total. The normalized spacial score (nSPS) is 10.7. The molecule has 0 unspecified atom stereocenters. The molecule has 2 aromatic carbocycles. The summed E-state index contributed by atoms with van der Waals surface area (Å²) in [5, 5.41) is 12.1. The van der Waals surface area contributed by atoms with Crippen molar-refractivity contribution in [2.45, 2.75) is 26.3 Å². The van der Waals surface area contributed by atoms with E-state index in [0.717, 1.165) is 16.6 Å². The number of phenols is 1. The third kappa shape index (κ3) is 4.63. The minimum Gasteiger partial charge on any atom is -0.508 e. The van der Waals surface area contributed by atoms with E-state index in [1.54, 1.807) is 24.1 Å². The van der Waals surface area contributed by atoms with E-state index in [2.05, 4.69) is 15.3 Å². The number of imidazole rings is 1. The zero-order valence-corrected chi connectivity index (χ0v) is 15.3. The van der Waals surface area contributed by atoms with E-state index in [9.17, 15) is 14.7 Å². The quantitative estimate of drug-likeness (QED) is 0.625. The Labute approximate surface area is 157 Å². The number of phenolic OH excluding ortho intramolecular Hbond substituents is 1. The maximum absolute atomic E-state index is 12.3. The number of nitrogens with one attached hydrogen (secondary N) is 2. The molecule has 7 heteroatoms. The molecule has 0 saturated heterocycles. The van der Waals surface area contributed by atoms with Gasteiger partial charge < -0.3 is 20.3 Å². The van der Waals surface area contributed by atoms with Crippen LogP contribution in [-0.2, 0) is 16.1 Å². The van der Waals surface area contributed by atoms with E-state index in [1.807, 2.05) is 25.1 Å². The Hall–Kier alpha value is -3.35. The fraction of sp³-hybridized carbons (Fsp3) is 0.250. The first kappa shape index (κ1) is 18.4. The summed E-state index contributed by atoms with van der Waals surface area (Å²) >= 11 is 0. The van der Waals surface area contributed by atoms with Crippen LogP contribution in [0.2, 0.25) is 0 Å². The molecule has 27 heavy (non-hydrogen) atoms. The Morgan fingerprint density at radius 3 is 2.70 bits per heavy atom. The summed E-state index contributed by atoms with van der Waals surface area (Å²) in [7, 11) is 1.69. The Balaban J connectivity index is 1.52. The van der Waals surface area contributed by atoms with E-state index in [0.29, 0.717) is 18.1 Å². The Morgan fingerprint density at radius 2 is 1.96 bits per heavy atom. The number of carbonyl (C=O) groups is 2. The number of hydrogen-bond donors (Lipinski definition) is 3. The summed E-state index contributed by atoms with van der Waals surface area (Å²) in [6.45, 7) is 2.34. The van der Waals surface area contributed by atoms with E-state index < -0.39 is 0 Å². The van der Waals surface area contributed by atoms with Gasteiger partial charge >= 0.3 is 0 Å². The van der Waals surface area contributed by atoms with E-state index in [4.69, 9.17) is 0 Å². The highest BCUT2D eigenvalue weighted by Gasteiger charge is 2.14. The largest absolute Gasteiger partial charge is 0.508 e. The fourth-order valence-corrected chi connectivity index (χ4v) is 2.83. The number of anilines is 1. The number of nitrogens with zero attached hydrogens (tertiary/aromatic N) is 2. The smallest absolute Gasteiger partial charge is 0.224 e. The molecule has 0 aliphatic carbocycles. The number of para-hydroxylation sites is 1. The van der Waals surface area contributed by atoms with E-state index in [1.165, 1.54) is 12.1 Å². The van der Waals surface area contributed by atoms with Gasteiger partial charge in [-0.15, -0.1) is 0 Å². The molecule has 1 aromatic heterocycles. The summed E-state index contributed by atoms with van der Waals surface area (Å²) in [6, 6.07) is 12.2. The van der Waals surface area contributed by atoms with Crippen LogP contribution in [0.1, 0.15) is 24.2 Å². The number of rotatable bonds is 6. The van der Waals surface area contributed by atoms with Gasteiger partial charge in [-0.1, -0.05) is 18.2 Å². The Morgan fingerprint density at radius 1 is 1.19 bits per heavy atom. The number of benzene rings is 2. The average molecular weight is 366 g/mol. The zero-order valence-electron chi connectivity index (χ0n) is 15.3. The van der Waals surface area contributed by atoms with Crippen LogP contribution in [0.3, 0.4) is 0 Å². The molecule has 3 aromatic rings. The van der Waals surface area contributed by atoms with E-state index >= 15 is 0 Å². The highest BCUT2D eigenvalue weighted by molar-refractivity contribution is 5.93. The predicted molar refractivity (Wildman–Crippen MR) is 103 cm³/mol. The van der Waals surface area contributed by atoms with Gasteiger partial charge in [0.25, 0.3) is 0 Å². The number of amides is 2. The molecule has 0 aliphatic rings. The standard InChI is InChI=1S/C20H22N4O3/c1-13-5-3-8-16-20(13)23-17(22-16)12-24(2)19(27)10-9-18(26)21-14-6-4-7-15(25)11-14/h3-8,11,25H,9-10,12H2,1-2H3,(H,21,26)(H,22,23). The van der Waals surface area contributed by atoms with Crippen molar-refractivity contribution >= 4 is 28.5 Å². The summed E-state index contributed by atoms with van der Waals surface area (Å²) in [5.41, 5.74) is 3.42. The van der Waals surface area contributed by atoms with Crippen molar-refractivity contribution in [3.05, 3.63) is 53.9 Å². The molecule has 0 fully saturated rings. The Kier molecular flexibility index (Phi) is 5.40. The molecule has 0 saturated carbocycles. The number of carbonyl (C=O) groups excluding carboxylic acids is 2. The molecule has 2 amide bonds. The second-order valence-electron chi connectivity index (χ2n) is 6.50. The number of fused-ring (bicyclic) bond motifs is 1. The van der Waals surface area contributed by atoms with Gasteiger partial charge in [0.2, 0.25) is 11.8 Å². The molecular formula is C20H22N4O3. The summed E-state index contributed by atoms with van der Waals surface area (Å²) in [5.74, 6) is 0.365. The van der Waals surface area contributed by atoms with Crippen LogP contribution < -0.4 is 5.32 Å². The van der Waals surface area contributed by atoms with Gasteiger partial charge in [0, 0.05) is 31.6 Å². The lowest BCUT2D eigenvalue weighted by Gasteiger charge is -2.15. The van der Waals surface area contributed by atoms with Gasteiger partial charge in [0.15, 0.2) is 0 Å². The highest BCUT2D eigenvalue weighted by atomic mass is 16.3. The van der Waals surface area contributed by atoms with Crippen LogP contribution in [0, 0.1) is 6.92 Å². The average Bonchev–Trinajstić information content (AvgIpc) is 3.03. The van der Waals surface area contributed by atoms with Crippen LogP contribution in [0.15, 0.2) is 42.5 Å². The van der Waals surface area contributed by atoms with Gasteiger partial charge in [-0.2, -0.15) is 0 Å². The fourth-order valence-electron chi connectivity index (χ4n) is 2.83. The minimum absolute atomic E-state index is 0.0675. The highest BCUT2D eigenvalue weighted by Crippen LogP contribution is 2.17. The number of aromatic nitrogens is 2. The second-order valence-corrected chi connectivity index (χ2v) is 6.50. The SMILES string of the molecule is Cc1cccc2[nH]c(CN(C)C(=O)CCC(=O)Nc3cccc(O)c3)nc12. The maximum atomic E-state index is 12.3. The third-order valence-corrected chi connectivity index (χ3v) is 4.27. The van der Waals surface area contributed by atoms with Crippen LogP contribution in [-0.4, -0.2) is 38.8 Å². The molecule has 3 rings (SSSR count). The predicted octanol–water partition coefficient (Wildman–Crippen LogP) is 2.95. The summed E-state index contributed by atoms with van der Waals surface area (Å²) < 4.78 is 0. The molecule has 0 bridgehead atoms. The monoisotopic (exact) mass is 366 g/mol. The topological polar surface area (TPSA) is 98.3 Å². The molecule has 1 heterocycles. The van der Waals surface area contributed by atoms with Gasteiger partial charge in [-0.05, 0) is 30.7 Å². The zero-order chi connectivity index (χ0) is 19.4. The van der Waals surface area contributed by atoms with E-state index in [-0.39, 0.29) is 30.4 Å². The number of aromatic hydroxyl groups is 1. The minimum atomic E-state index is -0.276. The lowest BCUT2D eigenvalue weighted by molar-refractivity contribution is -0.132. The second kappa shape index (κ2) is 7.90. The van der Waals surface area contributed by atoms with Crippen molar-refractivity contribution in [2.75, 3.05) is 12.4 Å². The van der Waals surface area contributed by atoms with Crippen LogP contribution >= 0.6 is 0 Å². The number of H-pyrrole nitrogens is 1. The van der Waals surface area contributed by atoms with Crippen molar-refractivity contribution in [2.24, 2.45) is 0 Å². The lowest BCUT2D eigenvalue weighted by Crippen LogP contribution is -2.27. The van der Waals surface area contributed by atoms with Crippen molar-refractivity contribution in [3.8, 4) is 5.75 Å². The molecule has 0 radical (unpaired) electrons. The number of aryl methyl sites for hydroxylation is 1. The number of aromatic amines is 1. The molecule has 7 nitrogen and oxygen atoms in total. The van der Waals surface area contributed by atoms with Gasteiger partial charge in [0.1, 0.15) is 11.6 Å². The van der Waals surface area contributed by atoms with Gasteiger partial charge in [-0.25, -0.2) is 4.98 Å². The first-order valence-corrected chi connectivity index (χ1v) is 8.69. The van der Waals surface area contributed by atoms with Gasteiger partial charge in [-0.3, -0.25) is 9.59 Å². The molecule has 0 aliphatic heterocycles. The van der Waals surface area contributed by atoms with Crippen LogP contribution in [0.5, 0.6) is 5.75 Å². The van der Waals surface area contributed by atoms with Crippen LogP contribution in [0.25, 0.3) is 11.0 Å². The van der Waals surface area contributed by atoms with Crippen molar-refractivity contribution in [1.29, 1.82) is 0 Å². The molecule has 0 spiro atoms. The lowest BCUT2D eigenvalue weighted by atomic mass is 10.2. The molecular weight excluding hydrogens is 344 g/mol.